The van der Waals surface area contributed by atoms with Gasteiger partial charge in [0.1, 0.15) is 5.75 Å². The van der Waals surface area contributed by atoms with Crippen LogP contribution in [0.25, 0.3) is 0 Å². The third kappa shape index (κ3) is 6.78. The van der Waals surface area contributed by atoms with Crippen LogP contribution in [0.3, 0.4) is 0 Å². The Hall–Kier alpha value is -2.62. The van der Waals surface area contributed by atoms with Crippen LogP contribution < -0.4 is 15.4 Å². The van der Waals surface area contributed by atoms with Crippen LogP contribution in [0.15, 0.2) is 53.4 Å². The van der Waals surface area contributed by atoms with Gasteiger partial charge in [0.2, 0.25) is 5.91 Å². The minimum Gasteiger partial charge on any atom is -0.494 e. The maximum Gasteiger partial charge on any atom is 0.338 e. The Balaban J connectivity index is 1.69. The molecule has 0 atom stereocenters. The third-order valence-electron chi connectivity index (χ3n) is 4.62. The number of amides is 2. The van der Waals surface area contributed by atoms with E-state index in [1.165, 1.54) is 11.8 Å². The number of carbonyl (C=O) groups is 3. The molecule has 12 heteroatoms. The molecule has 2 amide bonds. The van der Waals surface area contributed by atoms with Gasteiger partial charge in [0.15, 0.2) is 0 Å². The van der Waals surface area contributed by atoms with E-state index < -0.39 is 28.0 Å². The second-order valence-corrected chi connectivity index (χ2v) is 9.65. The number of halogens is 4. The van der Waals surface area contributed by atoms with Gasteiger partial charge in [-0.25, -0.2) is 4.79 Å². The van der Waals surface area contributed by atoms with Crippen molar-refractivity contribution in [3.8, 4) is 5.75 Å². The van der Waals surface area contributed by atoms with Crippen LogP contribution in [0, 0.1) is 0 Å². The first-order valence-corrected chi connectivity index (χ1v) is 12.8. The molecular formula is C24H18Cl4N2O5S. The largest absolute Gasteiger partial charge is 0.494 e. The summed E-state index contributed by atoms with van der Waals surface area (Å²) in [5, 5.41) is 13.7. The van der Waals surface area contributed by atoms with Gasteiger partial charge in [-0.05, 0) is 49.4 Å². The Morgan fingerprint density at radius 2 is 1.50 bits per heavy atom. The van der Waals surface area contributed by atoms with E-state index in [4.69, 9.17) is 51.1 Å². The van der Waals surface area contributed by atoms with Gasteiger partial charge in [-0.3, -0.25) is 9.59 Å². The lowest BCUT2D eigenvalue weighted by molar-refractivity contribution is -0.113. The molecule has 7 nitrogen and oxygen atoms in total. The molecule has 0 saturated heterocycles. The highest BCUT2D eigenvalue weighted by molar-refractivity contribution is 8.00. The minimum atomic E-state index is -1.49. The molecule has 3 aromatic rings. The van der Waals surface area contributed by atoms with Gasteiger partial charge in [-0.1, -0.05) is 52.5 Å². The van der Waals surface area contributed by atoms with Crippen molar-refractivity contribution < 1.29 is 24.2 Å². The van der Waals surface area contributed by atoms with Gasteiger partial charge in [-0.15, -0.1) is 11.8 Å². The maximum absolute atomic E-state index is 12.9. The number of nitrogens with one attached hydrogen (secondary N) is 2. The summed E-state index contributed by atoms with van der Waals surface area (Å²) in [6, 6.07) is 13.7. The quantitative estimate of drug-likeness (QED) is 0.137. The van der Waals surface area contributed by atoms with Gasteiger partial charge < -0.3 is 20.5 Å². The van der Waals surface area contributed by atoms with E-state index in [1.54, 1.807) is 48.5 Å². The van der Waals surface area contributed by atoms with E-state index in [9.17, 15) is 19.5 Å². The van der Waals surface area contributed by atoms with E-state index >= 15 is 0 Å². The van der Waals surface area contributed by atoms with E-state index in [1.807, 2.05) is 6.92 Å². The van der Waals surface area contributed by atoms with Crippen molar-refractivity contribution in [3.05, 3.63) is 79.7 Å². The topological polar surface area (TPSA) is 105 Å². The average Bonchev–Trinajstić information content (AvgIpc) is 2.84. The molecule has 188 valence electrons. The van der Waals surface area contributed by atoms with Crippen molar-refractivity contribution in [2.45, 2.75) is 11.8 Å². The zero-order valence-electron chi connectivity index (χ0n) is 18.5. The van der Waals surface area contributed by atoms with Crippen LogP contribution in [-0.2, 0) is 4.79 Å². The number of carboxylic acids is 1. The predicted octanol–water partition coefficient (Wildman–Crippen LogP) is 7.38. The van der Waals surface area contributed by atoms with Gasteiger partial charge in [-0.2, -0.15) is 0 Å². The van der Waals surface area contributed by atoms with Crippen LogP contribution in [0.4, 0.5) is 11.4 Å². The molecule has 3 aromatic carbocycles. The number of carbonyl (C=O) groups excluding carboxylic acids is 2. The minimum absolute atomic E-state index is 0.113. The number of hydrogen-bond donors (Lipinski definition) is 3. The summed E-state index contributed by atoms with van der Waals surface area (Å²) in [6.45, 7) is 2.44. The average molecular weight is 588 g/mol. The Kier molecular flexibility index (Phi) is 9.76. The van der Waals surface area contributed by atoms with Crippen molar-refractivity contribution in [1.29, 1.82) is 0 Å². The zero-order chi connectivity index (χ0) is 26.4. The van der Waals surface area contributed by atoms with Crippen LogP contribution >= 0.6 is 58.2 Å². The zero-order valence-corrected chi connectivity index (χ0v) is 22.4. The monoisotopic (exact) mass is 586 g/mol. The Morgan fingerprint density at radius 1 is 0.861 bits per heavy atom. The summed E-state index contributed by atoms with van der Waals surface area (Å²) in [6.07, 6.45) is 0. The molecule has 0 aromatic heterocycles. The van der Waals surface area contributed by atoms with Crippen LogP contribution in [-0.4, -0.2) is 35.2 Å². The summed E-state index contributed by atoms with van der Waals surface area (Å²) < 4.78 is 5.38. The van der Waals surface area contributed by atoms with Crippen LogP contribution in [0.1, 0.15) is 27.6 Å². The molecule has 3 N–H and O–H groups in total. The molecule has 0 aliphatic rings. The first-order valence-electron chi connectivity index (χ1n) is 10.3. The fourth-order valence-corrected chi connectivity index (χ4v) is 4.82. The number of carboxylic acid groups (broad SMARTS) is 1. The Morgan fingerprint density at radius 3 is 2.11 bits per heavy atom. The number of anilines is 2. The molecule has 0 spiro atoms. The van der Waals surface area contributed by atoms with Gasteiger partial charge >= 0.3 is 5.97 Å². The number of hydrogen-bond acceptors (Lipinski definition) is 5. The lowest BCUT2D eigenvalue weighted by Crippen LogP contribution is -2.18. The van der Waals surface area contributed by atoms with Crippen molar-refractivity contribution in [3.63, 3.8) is 0 Å². The predicted molar refractivity (Wildman–Crippen MR) is 145 cm³/mol. The van der Waals surface area contributed by atoms with E-state index in [2.05, 4.69) is 10.6 Å². The molecule has 3 rings (SSSR count). The standard InChI is InChI=1S/C24H18Cl4N2O5S/c1-2-35-14-8-6-12(7-9-14)29-16(31)11-36-15-5-3-4-13(10-15)30-23(32)17-18(24(33)34)20(26)22(28)21(27)19(17)25/h3-10H,2,11H2,1H3,(H,29,31)(H,30,32)(H,33,34). The molecule has 0 bridgehead atoms. The smallest absolute Gasteiger partial charge is 0.338 e. The maximum atomic E-state index is 12.9. The molecule has 0 saturated carbocycles. The van der Waals surface area contributed by atoms with Crippen molar-refractivity contribution in [2.24, 2.45) is 0 Å². The summed E-state index contributed by atoms with van der Waals surface area (Å²) in [5.41, 5.74) is -0.00981. The summed E-state index contributed by atoms with van der Waals surface area (Å²) >= 11 is 25.3. The summed E-state index contributed by atoms with van der Waals surface area (Å²) in [4.78, 5) is 37.7. The summed E-state index contributed by atoms with van der Waals surface area (Å²) in [5.74, 6) is -1.73. The van der Waals surface area contributed by atoms with Crippen LogP contribution in [0.5, 0.6) is 5.75 Å². The lowest BCUT2D eigenvalue weighted by atomic mass is 10.1. The second kappa shape index (κ2) is 12.6. The number of aromatic carboxylic acids is 1. The number of thioether (sulfide) groups is 1. The van der Waals surface area contributed by atoms with Crippen LogP contribution in [0.2, 0.25) is 20.1 Å². The Bertz CT molecular complexity index is 1320. The Labute approximate surface area is 231 Å². The van der Waals surface area contributed by atoms with E-state index in [0.717, 1.165) is 0 Å². The highest BCUT2D eigenvalue weighted by Crippen LogP contribution is 2.42. The van der Waals surface area contributed by atoms with Crippen molar-refractivity contribution >= 4 is 87.3 Å². The highest BCUT2D eigenvalue weighted by Gasteiger charge is 2.29. The SMILES string of the molecule is CCOc1ccc(NC(=O)CSc2cccc(NC(=O)c3c(Cl)c(Cl)c(Cl)c(Cl)c3C(=O)O)c2)cc1. The van der Waals surface area contributed by atoms with Gasteiger partial charge in [0.25, 0.3) is 5.91 Å². The first kappa shape index (κ1) is 28.0. The highest BCUT2D eigenvalue weighted by atomic mass is 35.5. The number of ether oxygens (including phenoxy) is 1. The van der Waals surface area contributed by atoms with Crippen molar-refractivity contribution in [1.82, 2.24) is 0 Å². The van der Waals surface area contributed by atoms with E-state index in [-0.39, 0.29) is 26.7 Å². The summed E-state index contributed by atoms with van der Waals surface area (Å²) in [7, 11) is 0. The molecule has 0 heterocycles. The lowest BCUT2D eigenvalue weighted by Gasteiger charge is -2.14. The molecule has 0 aliphatic carbocycles. The van der Waals surface area contributed by atoms with Gasteiger partial charge in [0, 0.05) is 16.3 Å². The van der Waals surface area contributed by atoms with E-state index in [0.29, 0.717) is 28.6 Å². The molecule has 36 heavy (non-hydrogen) atoms. The third-order valence-corrected chi connectivity index (χ3v) is 7.41. The molecule has 0 unspecified atom stereocenters. The number of rotatable bonds is 9. The first-order chi connectivity index (χ1) is 17.1. The number of benzene rings is 3. The fraction of sp³-hybridized carbons (Fsp3) is 0.125. The molecular weight excluding hydrogens is 570 g/mol. The normalized spacial score (nSPS) is 10.6. The fourth-order valence-electron chi connectivity index (χ4n) is 3.05. The molecule has 0 fully saturated rings. The molecule has 0 aliphatic heterocycles. The van der Waals surface area contributed by atoms with Gasteiger partial charge in [0.05, 0.1) is 43.6 Å². The second-order valence-electron chi connectivity index (χ2n) is 7.09. The van der Waals surface area contributed by atoms with Crippen molar-refractivity contribution in [2.75, 3.05) is 23.0 Å². The molecule has 0 radical (unpaired) electrons.